The highest BCUT2D eigenvalue weighted by molar-refractivity contribution is 5.99. The van der Waals surface area contributed by atoms with Crippen LogP contribution >= 0.6 is 0 Å². The number of H-pyrrole nitrogens is 1. The number of hydrogen-bond acceptors (Lipinski definition) is 8. The molecule has 0 spiro atoms. The second kappa shape index (κ2) is 9.07. The first kappa shape index (κ1) is 22.4. The number of carbonyl (C=O) groups excluding carboxylic acids is 1. The number of phenols is 1. The molecule has 0 aliphatic carbocycles. The first-order valence-corrected chi connectivity index (χ1v) is 11.2. The maximum Gasteiger partial charge on any atom is 0.269 e. The lowest BCUT2D eigenvalue weighted by Gasteiger charge is -2.17. The molecule has 3 N–H and O–H groups in total. The molecule has 1 amide bonds. The van der Waals surface area contributed by atoms with E-state index >= 15 is 0 Å². The van der Waals surface area contributed by atoms with E-state index in [2.05, 4.69) is 36.3 Å². The molecule has 1 aromatic heterocycles. The van der Waals surface area contributed by atoms with Gasteiger partial charge in [-0.3, -0.25) is 4.79 Å². The number of aromatic amines is 1. The van der Waals surface area contributed by atoms with Crippen LogP contribution in [0.15, 0.2) is 70.9 Å². The van der Waals surface area contributed by atoms with Crippen molar-refractivity contribution in [1.29, 1.82) is 0 Å². The minimum atomic E-state index is -0.721. The molecule has 5 rings (SSSR count). The van der Waals surface area contributed by atoms with Gasteiger partial charge in [0.15, 0.2) is 11.8 Å². The third-order valence-corrected chi connectivity index (χ3v) is 6.11. The molecule has 10 nitrogen and oxygen atoms in total. The number of phenolic OH excluding ortho intramolecular Hbond substituents is 1. The molecule has 176 valence electrons. The summed E-state index contributed by atoms with van der Waals surface area (Å²) in [6.45, 7) is 5.91. The first-order chi connectivity index (χ1) is 16.9. The molecular formula is C25H24N8O2. The fraction of sp³-hybridized carbons (Fsp3) is 0.200. The zero-order chi connectivity index (χ0) is 24.5. The Balaban J connectivity index is 1.40. The van der Waals surface area contributed by atoms with Crippen LogP contribution in [0.2, 0.25) is 0 Å². The van der Waals surface area contributed by atoms with Crippen LogP contribution in [0.5, 0.6) is 5.75 Å². The van der Waals surface area contributed by atoms with Crippen LogP contribution in [-0.4, -0.2) is 43.7 Å². The molecule has 35 heavy (non-hydrogen) atoms. The maximum atomic E-state index is 13.1. The lowest BCUT2D eigenvalue weighted by atomic mass is 10.0. The van der Waals surface area contributed by atoms with Crippen molar-refractivity contribution in [1.82, 2.24) is 26.0 Å². The highest BCUT2D eigenvalue weighted by atomic mass is 16.3. The molecule has 1 saturated heterocycles. The molecular weight excluding hydrogens is 444 g/mol. The van der Waals surface area contributed by atoms with Crippen molar-refractivity contribution in [2.75, 3.05) is 5.01 Å². The number of anilines is 1. The topological polar surface area (TPSA) is 132 Å². The Bertz CT molecular complexity index is 1420. The van der Waals surface area contributed by atoms with Crippen molar-refractivity contribution < 1.29 is 9.90 Å². The smallest absolute Gasteiger partial charge is 0.269 e. The lowest BCUT2D eigenvalue weighted by molar-refractivity contribution is -0.118. The summed E-state index contributed by atoms with van der Waals surface area (Å²) in [6.07, 6.45) is 0. The zero-order valence-electron chi connectivity index (χ0n) is 19.5. The van der Waals surface area contributed by atoms with Crippen molar-refractivity contribution in [2.45, 2.75) is 32.9 Å². The molecule has 1 aliphatic rings. The number of nitrogens with one attached hydrogen (secondary N) is 2. The first-order valence-electron chi connectivity index (χ1n) is 11.2. The van der Waals surface area contributed by atoms with Crippen LogP contribution in [0.3, 0.4) is 0 Å². The summed E-state index contributed by atoms with van der Waals surface area (Å²) in [5.74, 6) is 0.225. The third kappa shape index (κ3) is 4.26. The molecule has 2 atom stereocenters. The minimum absolute atomic E-state index is 0.0291. The Morgan fingerprint density at radius 2 is 1.80 bits per heavy atom. The number of azo groups is 1. The van der Waals surface area contributed by atoms with E-state index in [1.165, 1.54) is 5.01 Å². The number of rotatable bonds is 5. The van der Waals surface area contributed by atoms with Gasteiger partial charge in [0.2, 0.25) is 5.82 Å². The van der Waals surface area contributed by atoms with Crippen LogP contribution in [0, 0.1) is 13.8 Å². The van der Waals surface area contributed by atoms with Crippen molar-refractivity contribution >= 4 is 17.3 Å². The number of tetrazole rings is 1. The van der Waals surface area contributed by atoms with Crippen molar-refractivity contribution in [2.24, 2.45) is 10.2 Å². The number of nitrogens with zero attached hydrogens (tertiary/aromatic N) is 6. The summed E-state index contributed by atoms with van der Waals surface area (Å²) in [7, 11) is 0. The summed E-state index contributed by atoms with van der Waals surface area (Å²) in [5.41, 5.74) is 8.55. The van der Waals surface area contributed by atoms with Crippen molar-refractivity contribution in [3.63, 3.8) is 0 Å². The molecule has 0 saturated carbocycles. The van der Waals surface area contributed by atoms with E-state index in [0.29, 0.717) is 11.4 Å². The molecule has 1 aliphatic heterocycles. The molecule has 10 heteroatoms. The average Bonchev–Trinajstić information content (AvgIpc) is 3.49. The number of aryl methyl sites for hydroxylation is 2. The van der Waals surface area contributed by atoms with Gasteiger partial charge in [-0.2, -0.15) is 15.4 Å². The molecule has 2 unspecified atom stereocenters. The highest BCUT2D eigenvalue weighted by Crippen LogP contribution is 2.38. The second-order valence-electron chi connectivity index (χ2n) is 8.51. The number of hydrogen-bond donors (Lipinski definition) is 3. The second-order valence-corrected chi connectivity index (χ2v) is 8.51. The van der Waals surface area contributed by atoms with Gasteiger partial charge in [-0.15, -0.1) is 10.2 Å². The number of amides is 1. The number of benzene rings is 3. The number of aromatic hydroxyl groups is 1. The van der Waals surface area contributed by atoms with E-state index in [4.69, 9.17) is 0 Å². The Kier molecular flexibility index (Phi) is 5.79. The van der Waals surface area contributed by atoms with E-state index in [1.54, 1.807) is 18.2 Å². The maximum absolute atomic E-state index is 13.1. The number of aromatic nitrogens is 4. The average molecular weight is 469 g/mol. The Morgan fingerprint density at radius 1 is 1.00 bits per heavy atom. The van der Waals surface area contributed by atoms with Gasteiger partial charge >= 0.3 is 0 Å². The van der Waals surface area contributed by atoms with Gasteiger partial charge in [-0.1, -0.05) is 36.4 Å². The number of hydrazine groups is 1. The Morgan fingerprint density at radius 3 is 2.57 bits per heavy atom. The van der Waals surface area contributed by atoms with E-state index in [0.717, 1.165) is 27.9 Å². The zero-order valence-corrected chi connectivity index (χ0v) is 19.5. The normalized spacial score (nSPS) is 18.0. The summed E-state index contributed by atoms with van der Waals surface area (Å²) >= 11 is 0. The minimum Gasteiger partial charge on any atom is -0.505 e. The van der Waals surface area contributed by atoms with Crippen molar-refractivity contribution in [3.05, 3.63) is 71.8 Å². The highest BCUT2D eigenvalue weighted by Gasteiger charge is 2.39. The summed E-state index contributed by atoms with van der Waals surface area (Å²) in [6, 6.07) is 17.5. The molecule has 3 aromatic carbocycles. The van der Waals surface area contributed by atoms with Crippen LogP contribution < -0.4 is 10.4 Å². The SMILES string of the molecule is Cc1ccc(N2NC(C)C(N=Nc3cccc(-c4cccc(-c5nn[nH]n5)c4)c3O)C2=O)cc1C. The van der Waals surface area contributed by atoms with Crippen LogP contribution in [-0.2, 0) is 4.79 Å². The molecule has 0 bridgehead atoms. The summed E-state index contributed by atoms with van der Waals surface area (Å²) < 4.78 is 0. The molecule has 2 heterocycles. The van der Waals surface area contributed by atoms with Gasteiger partial charge in [0.25, 0.3) is 5.91 Å². The van der Waals surface area contributed by atoms with Crippen LogP contribution in [0.25, 0.3) is 22.5 Å². The van der Waals surface area contributed by atoms with Gasteiger partial charge in [0.05, 0.1) is 11.7 Å². The quantitative estimate of drug-likeness (QED) is 0.375. The third-order valence-electron chi connectivity index (χ3n) is 6.11. The Labute approximate surface area is 201 Å². The number of para-hydroxylation sites is 1. The van der Waals surface area contributed by atoms with Gasteiger partial charge in [0, 0.05) is 11.1 Å². The van der Waals surface area contributed by atoms with E-state index < -0.39 is 6.04 Å². The van der Waals surface area contributed by atoms with E-state index in [1.807, 2.05) is 63.2 Å². The summed E-state index contributed by atoms with van der Waals surface area (Å²) in [5, 5.41) is 35.0. The fourth-order valence-electron chi connectivity index (χ4n) is 3.98. The largest absolute Gasteiger partial charge is 0.505 e. The van der Waals surface area contributed by atoms with Gasteiger partial charge < -0.3 is 5.11 Å². The van der Waals surface area contributed by atoms with Crippen LogP contribution in [0.4, 0.5) is 11.4 Å². The predicted molar refractivity (Wildman–Crippen MR) is 131 cm³/mol. The standard InChI is InChI=1S/C25H24N8O2/c1-14-10-11-19(12-15(14)2)33-25(35)22(16(3)30-33)27-26-21-9-5-8-20(23(21)34)17-6-4-7-18(13-17)24-28-31-32-29-24/h4-13,16,22,30,34H,1-3H3,(H,28,29,31,32). The van der Waals surface area contributed by atoms with Gasteiger partial charge in [0.1, 0.15) is 5.69 Å². The van der Waals surface area contributed by atoms with E-state index in [-0.39, 0.29) is 23.4 Å². The number of carbonyl (C=O) groups is 1. The van der Waals surface area contributed by atoms with Crippen molar-refractivity contribution in [3.8, 4) is 28.3 Å². The van der Waals surface area contributed by atoms with E-state index in [9.17, 15) is 9.90 Å². The monoisotopic (exact) mass is 468 g/mol. The van der Waals surface area contributed by atoms with Crippen LogP contribution in [0.1, 0.15) is 18.1 Å². The van der Waals surface area contributed by atoms with Gasteiger partial charge in [-0.05, 0) is 66.9 Å². The fourth-order valence-corrected chi connectivity index (χ4v) is 3.98. The predicted octanol–water partition coefficient (Wildman–Crippen LogP) is 4.25. The lowest BCUT2D eigenvalue weighted by Crippen LogP contribution is -2.36. The summed E-state index contributed by atoms with van der Waals surface area (Å²) in [4.78, 5) is 13.1. The Hall–Kier alpha value is -4.44. The molecule has 4 aromatic rings. The van der Waals surface area contributed by atoms with Gasteiger partial charge in [-0.25, -0.2) is 10.4 Å². The molecule has 0 radical (unpaired) electrons. The molecule has 1 fully saturated rings.